The summed E-state index contributed by atoms with van der Waals surface area (Å²) >= 11 is 12.4. The van der Waals surface area contributed by atoms with Gasteiger partial charge in [-0.05, 0) is 55.6 Å². The van der Waals surface area contributed by atoms with E-state index in [0.29, 0.717) is 24.1 Å². The van der Waals surface area contributed by atoms with Gasteiger partial charge in [0.2, 0.25) is 0 Å². The number of carboxylic acid groups (broad SMARTS) is 2. The quantitative estimate of drug-likeness (QED) is 0.567. The molecule has 0 bridgehead atoms. The third-order valence-electron chi connectivity index (χ3n) is 4.17. The second kappa shape index (κ2) is 12.8. The normalized spacial score (nSPS) is 14.9. The monoisotopic (exact) mass is 430 g/mol. The Morgan fingerprint density at radius 2 is 1.75 bits per heavy atom. The van der Waals surface area contributed by atoms with Gasteiger partial charge in [-0.3, -0.25) is 4.90 Å². The number of rotatable bonds is 7. The van der Waals surface area contributed by atoms with Crippen LogP contribution in [0.1, 0.15) is 32.3 Å². The second-order valence-electron chi connectivity index (χ2n) is 7.05. The van der Waals surface area contributed by atoms with Crippen LogP contribution in [0.3, 0.4) is 0 Å². The van der Waals surface area contributed by atoms with Crippen LogP contribution in [0.15, 0.2) is 30.4 Å². The highest BCUT2D eigenvalue weighted by atomic mass is 35.5. The maximum Gasteiger partial charge on any atom is 0.328 e. The zero-order chi connectivity index (χ0) is 21.1. The van der Waals surface area contributed by atoms with Gasteiger partial charge in [-0.1, -0.05) is 37.0 Å². The molecule has 0 radical (unpaired) electrons. The Labute approximate surface area is 176 Å². The summed E-state index contributed by atoms with van der Waals surface area (Å²) in [4.78, 5) is 21.7. The van der Waals surface area contributed by atoms with Crippen LogP contribution in [0.5, 0.6) is 0 Å². The molecule has 1 saturated heterocycles. The molecule has 0 unspecified atom stereocenters. The van der Waals surface area contributed by atoms with Crippen molar-refractivity contribution in [2.45, 2.75) is 39.3 Å². The number of aliphatic carboxylic acids is 2. The average Bonchev–Trinajstić information content (AvgIpc) is 2.63. The van der Waals surface area contributed by atoms with Gasteiger partial charge in [0, 0.05) is 41.3 Å². The number of carbonyl (C=O) groups is 2. The van der Waals surface area contributed by atoms with Crippen LogP contribution in [-0.2, 0) is 16.1 Å². The molecule has 2 rings (SSSR count). The maximum absolute atomic E-state index is 9.55. The molecule has 1 aliphatic heterocycles. The molecule has 1 fully saturated rings. The summed E-state index contributed by atoms with van der Waals surface area (Å²) in [5.74, 6) is -1.86. The van der Waals surface area contributed by atoms with Crippen molar-refractivity contribution >= 4 is 35.1 Å². The van der Waals surface area contributed by atoms with Crippen molar-refractivity contribution in [1.82, 2.24) is 10.2 Å². The lowest BCUT2D eigenvalue weighted by Gasteiger charge is -2.36. The third kappa shape index (κ3) is 10.1. The first kappa shape index (κ1) is 24.4. The number of benzene rings is 1. The Morgan fingerprint density at radius 3 is 2.25 bits per heavy atom. The minimum atomic E-state index is -1.26. The molecule has 1 aromatic carbocycles. The number of halogens is 2. The van der Waals surface area contributed by atoms with Crippen LogP contribution < -0.4 is 5.32 Å². The van der Waals surface area contributed by atoms with E-state index in [1.54, 1.807) is 0 Å². The minimum absolute atomic E-state index is 0.558. The Balaban J connectivity index is 0.000000416. The van der Waals surface area contributed by atoms with Crippen molar-refractivity contribution in [2.24, 2.45) is 5.92 Å². The van der Waals surface area contributed by atoms with Crippen molar-refractivity contribution in [2.75, 3.05) is 19.6 Å². The molecule has 8 heteroatoms. The van der Waals surface area contributed by atoms with Gasteiger partial charge >= 0.3 is 11.9 Å². The van der Waals surface area contributed by atoms with E-state index in [2.05, 4.69) is 24.1 Å². The van der Waals surface area contributed by atoms with E-state index < -0.39 is 11.9 Å². The summed E-state index contributed by atoms with van der Waals surface area (Å²) in [6.07, 6.45) is 3.54. The number of piperidine rings is 1. The summed E-state index contributed by atoms with van der Waals surface area (Å²) in [6, 6.07) is 6.40. The van der Waals surface area contributed by atoms with Crippen molar-refractivity contribution in [1.29, 1.82) is 0 Å². The van der Waals surface area contributed by atoms with E-state index in [4.69, 9.17) is 33.4 Å². The molecule has 0 spiro atoms. The highest BCUT2D eigenvalue weighted by Crippen LogP contribution is 2.25. The molecule has 28 heavy (non-hydrogen) atoms. The number of hydrogen-bond donors (Lipinski definition) is 3. The number of carboxylic acids is 2. The van der Waals surface area contributed by atoms with E-state index in [-0.39, 0.29) is 0 Å². The van der Waals surface area contributed by atoms with Crippen LogP contribution in [0, 0.1) is 5.92 Å². The summed E-state index contributed by atoms with van der Waals surface area (Å²) in [5, 5.41) is 20.6. The molecule has 6 nitrogen and oxygen atoms in total. The molecule has 1 aliphatic rings. The summed E-state index contributed by atoms with van der Waals surface area (Å²) < 4.78 is 0. The Hall–Kier alpha value is -1.60. The topological polar surface area (TPSA) is 89.9 Å². The standard InChI is InChI=1S/C16H24Cl2N2.C4H4O4/c1-12(2)10-20(15-5-7-19-8-6-15)11-13-9-14(17)3-4-16(13)18;5-3(6)1-2-4(7)8/h3-4,9,12,15,19H,5-8,10-11H2,1-2H3;1-2H,(H,5,6)(H,7,8)/b;2-1+. The first-order valence-electron chi connectivity index (χ1n) is 9.21. The van der Waals surface area contributed by atoms with Crippen molar-refractivity contribution in [3.63, 3.8) is 0 Å². The van der Waals surface area contributed by atoms with Gasteiger partial charge in [-0.2, -0.15) is 0 Å². The fourth-order valence-corrected chi connectivity index (χ4v) is 3.38. The summed E-state index contributed by atoms with van der Waals surface area (Å²) in [7, 11) is 0. The summed E-state index contributed by atoms with van der Waals surface area (Å²) in [5.41, 5.74) is 1.14. The van der Waals surface area contributed by atoms with Gasteiger partial charge in [-0.25, -0.2) is 9.59 Å². The molecule has 3 N–H and O–H groups in total. The zero-order valence-corrected chi connectivity index (χ0v) is 17.7. The lowest BCUT2D eigenvalue weighted by Crippen LogP contribution is -2.44. The molecule has 0 atom stereocenters. The second-order valence-corrected chi connectivity index (χ2v) is 7.89. The Bertz CT molecular complexity index is 658. The molecule has 0 saturated carbocycles. The van der Waals surface area contributed by atoms with E-state index in [9.17, 15) is 9.59 Å². The molecular formula is C20H28Cl2N2O4. The lowest BCUT2D eigenvalue weighted by molar-refractivity contribution is -0.134. The fraction of sp³-hybridized carbons (Fsp3) is 0.500. The SMILES string of the molecule is CC(C)CN(Cc1cc(Cl)ccc1Cl)C1CCNCC1.O=C(O)/C=C/C(=O)O. The first-order chi connectivity index (χ1) is 13.2. The largest absolute Gasteiger partial charge is 0.478 e. The van der Waals surface area contributed by atoms with E-state index >= 15 is 0 Å². The number of nitrogens with one attached hydrogen (secondary N) is 1. The first-order valence-corrected chi connectivity index (χ1v) is 9.97. The third-order valence-corrected chi connectivity index (χ3v) is 4.78. The van der Waals surface area contributed by atoms with E-state index in [1.807, 2.05) is 18.2 Å². The fourth-order valence-electron chi connectivity index (χ4n) is 3.01. The van der Waals surface area contributed by atoms with Gasteiger partial charge in [0.25, 0.3) is 0 Å². The van der Waals surface area contributed by atoms with Gasteiger partial charge in [-0.15, -0.1) is 0 Å². The average molecular weight is 431 g/mol. The van der Waals surface area contributed by atoms with E-state index in [0.717, 1.165) is 41.8 Å². The van der Waals surface area contributed by atoms with Crippen molar-refractivity contribution < 1.29 is 19.8 Å². The molecular weight excluding hydrogens is 403 g/mol. The lowest BCUT2D eigenvalue weighted by atomic mass is 10.0. The van der Waals surface area contributed by atoms with Crippen molar-refractivity contribution in [3.05, 3.63) is 46.0 Å². The maximum atomic E-state index is 9.55. The number of nitrogens with zero attached hydrogens (tertiary/aromatic N) is 1. The van der Waals surface area contributed by atoms with Gasteiger partial charge in [0.1, 0.15) is 0 Å². The predicted octanol–water partition coefficient (Wildman–Crippen LogP) is 3.92. The summed E-state index contributed by atoms with van der Waals surface area (Å²) in [6.45, 7) is 8.77. The van der Waals surface area contributed by atoms with Gasteiger partial charge in [0.15, 0.2) is 0 Å². The Kier molecular flexibility index (Phi) is 11.2. The highest BCUT2D eigenvalue weighted by molar-refractivity contribution is 6.33. The molecule has 0 amide bonds. The highest BCUT2D eigenvalue weighted by Gasteiger charge is 2.22. The molecule has 1 aromatic rings. The Morgan fingerprint density at radius 1 is 1.18 bits per heavy atom. The van der Waals surface area contributed by atoms with Crippen LogP contribution in [-0.4, -0.2) is 52.7 Å². The number of hydrogen-bond acceptors (Lipinski definition) is 4. The van der Waals surface area contributed by atoms with Crippen LogP contribution >= 0.6 is 23.2 Å². The zero-order valence-electron chi connectivity index (χ0n) is 16.2. The van der Waals surface area contributed by atoms with Crippen LogP contribution in [0.25, 0.3) is 0 Å². The predicted molar refractivity (Wildman–Crippen MR) is 112 cm³/mol. The molecule has 156 valence electrons. The van der Waals surface area contributed by atoms with Gasteiger partial charge < -0.3 is 15.5 Å². The molecule has 0 aliphatic carbocycles. The van der Waals surface area contributed by atoms with Crippen LogP contribution in [0.4, 0.5) is 0 Å². The van der Waals surface area contributed by atoms with E-state index in [1.165, 1.54) is 12.8 Å². The smallest absolute Gasteiger partial charge is 0.328 e. The molecule has 0 aromatic heterocycles. The molecule has 1 heterocycles. The van der Waals surface area contributed by atoms with Gasteiger partial charge in [0.05, 0.1) is 0 Å². The van der Waals surface area contributed by atoms with Crippen LogP contribution in [0.2, 0.25) is 10.0 Å². The minimum Gasteiger partial charge on any atom is -0.478 e. The van der Waals surface area contributed by atoms with Crippen molar-refractivity contribution in [3.8, 4) is 0 Å².